The second-order valence-corrected chi connectivity index (χ2v) is 12.1. The fraction of sp³-hybridized carbons (Fsp3) is 0.469. The van der Waals surface area contributed by atoms with Crippen LogP contribution in [0.15, 0.2) is 36.4 Å². The van der Waals surface area contributed by atoms with Gasteiger partial charge >= 0.3 is 6.17 Å². The quantitative estimate of drug-likeness (QED) is 0.336. The molecular weight excluding hydrogens is 558 g/mol. The highest BCUT2D eigenvalue weighted by Gasteiger charge is 2.57. The number of rotatable bonds is 8. The summed E-state index contributed by atoms with van der Waals surface area (Å²) in [6, 6.07) is 11.5. The third-order valence-corrected chi connectivity index (χ3v) is 9.39. The summed E-state index contributed by atoms with van der Waals surface area (Å²) in [7, 11) is 4.94. The van der Waals surface area contributed by atoms with E-state index in [1.807, 2.05) is 43.3 Å². The van der Waals surface area contributed by atoms with Gasteiger partial charge in [-0.3, -0.25) is 24.1 Å². The number of carbonyl (C=O) groups is 3. The minimum atomic E-state index is -0.901. The molecule has 228 valence electrons. The highest BCUT2D eigenvalue weighted by molar-refractivity contribution is 5.95. The Balaban J connectivity index is 1.43. The Morgan fingerprint density at radius 2 is 1.64 bits per heavy atom. The van der Waals surface area contributed by atoms with E-state index < -0.39 is 5.41 Å². The maximum atomic E-state index is 13.3. The number of aromatic nitrogens is 4. The first-order valence-corrected chi connectivity index (χ1v) is 15.1. The third kappa shape index (κ3) is 5.01. The molecule has 3 aromatic rings. The van der Waals surface area contributed by atoms with Crippen molar-refractivity contribution in [3.8, 4) is 0 Å². The molecule has 2 fully saturated rings. The molecule has 1 saturated carbocycles. The van der Waals surface area contributed by atoms with Crippen molar-refractivity contribution in [1.82, 2.24) is 41.1 Å². The van der Waals surface area contributed by atoms with Crippen molar-refractivity contribution >= 4 is 17.7 Å². The molecule has 12 heteroatoms. The van der Waals surface area contributed by atoms with Gasteiger partial charge in [-0.2, -0.15) is 4.80 Å². The lowest BCUT2D eigenvalue weighted by atomic mass is 9.67. The van der Waals surface area contributed by atoms with Gasteiger partial charge in [-0.25, -0.2) is 6.57 Å². The summed E-state index contributed by atoms with van der Waals surface area (Å²) < 4.78 is 0. The van der Waals surface area contributed by atoms with Crippen molar-refractivity contribution in [1.29, 1.82) is 0 Å². The first-order valence-electron chi connectivity index (χ1n) is 15.1. The molecule has 0 bridgehead atoms. The summed E-state index contributed by atoms with van der Waals surface area (Å²) in [5.74, 6) is 0.552. The molecule has 1 aliphatic heterocycles. The largest absolute Gasteiger partial charge is 0.355 e. The number of carbonyl (C=O) groups excluding carboxylic acids is 3. The van der Waals surface area contributed by atoms with Crippen molar-refractivity contribution in [2.75, 3.05) is 20.6 Å². The molecule has 1 aromatic heterocycles. The molecule has 2 aliphatic carbocycles. The molecule has 0 radical (unpaired) electrons. The molecule has 3 amide bonds. The van der Waals surface area contributed by atoms with Gasteiger partial charge in [-0.05, 0) is 90.3 Å². The van der Waals surface area contributed by atoms with Crippen molar-refractivity contribution in [3.63, 3.8) is 0 Å². The maximum Gasteiger partial charge on any atom is 0.301 e. The Kier molecular flexibility index (Phi) is 7.67. The molecule has 3 N–H and O–H groups in total. The van der Waals surface area contributed by atoms with Gasteiger partial charge in [0, 0.05) is 43.7 Å². The Bertz CT molecular complexity index is 1610. The molecule has 2 aromatic carbocycles. The minimum absolute atomic E-state index is 0.0540. The number of amides is 3. The van der Waals surface area contributed by atoms with Crippen molar-refractivity contribution in [2.45, 2.75) is 62.7 Å². The average Bonchev–Trinajstić information content (AvgIpc) is 3.53. The number of tetrazole rings is 1. The van der Waals surface area contributed by atoms with Crippen LogP contribution < -0.4 is 16.0 Å². The zero-order valence-electron chi connectivity index (χ0n) is 25.4. The Labute approximate surface area is 256 Å². The minimum Gasteiger partial charge on any atom is -0.355 e. The summed E-state index contributed by atoms with van der Waals surface area (Å²) in [5.41, 5.74) is 4.09. The normalized spacial score (nSPS) is 21.6. The van der Waals surface area contributed by atoms with Gasteiger partial charge in [0.05, 0.1) is 19.0 Å². The highest BCUT2D eigenvalue weighted by Crippen LogP contribution is 2.49. The average molecular weight is 596 g/mol. The predicted molar refractivity (Wildman–Crippen MR) is 162 cm³/mol. The summed E-state index contributed by atoms with van der Waals surface area (Å²) in [6.45, 7) is 9.70. The van der Waals surface area contributed by atoms with Gasteiger partial charge in [0.1, 0.15) is 0 Å². The van der Waals surface area contributed by atoms with Crippen LogP contribution in [0.3, 0.4) is 0 Å². The van der Waals surface area contributed by atoms with Crippen LogP contribution >= 0.6 is 0 Å². The Morgan fingerprint density at radius 1 is 1.02 bits per heavy atom. The van der Waals surface area contributed by atoms with Gasteiger partial charge in [0.15, 0.2) is 5.82 Å². The molecule has 3 aliphatic rings. The Morgan fingerprint density at radius 3 is 2.16 bits per heavy atom. The van der Waals surface area contributed by atoms with Crippen LogP contribution in [0.4, 0.5) is 0 Å². The number of nitrogens with zero attached hydrogens (tertiary/aromatic N) is 6. The second-order valence-electron chi connectivity index (χ2n) is 12.1. The summed E-state index contributed by atoms with van der Waals surface area (Å²) in [6.07, 6.45) is 3.13. The van der Waals surface area contributed by atoms with E-state index in [4.69, 9.17) is 11.7 Å². The van der Waals surface area contributed by atoms with E-state index >= 15 is 0 Å². The SMILES string of the molecule is [C-]#[N+][C@@H]1C[C@@H]2C[C@@H]2N1C(=O)CN[C@H](C)CC1(c2nnn(C)n2)c2ccc(C(=O)NC)cc2CCc2cc(C(=O)NC)ccc21. The standard InChI is InChI=1S/C32H37N9O3/c1-18(36-17-28(42)41-26-14-23(26)15-27(41)33-2)16-32(31-37-39-40(5)38-31)24-10-8-21(29(43)34-3)12-19(24)6-7-20-13-22(30(44)35-4)9-11-25(20)32/h8-13,18,23,26-27,36H,6-7,14-17H2,1,3-5H3,(H,34,43)(H,35,44)/t18-,23+,26+,27+/m1/s1. The molecule has 12 nitrogen and oxygen atoms in total. The van der Waals surface area contributed by atoms with E-state index in [1.165, 1.54) is 4.80 Å². The molecular formula is C32H37N9O3. The van der Waals surface area contributed by atoms with Gasteiger partial charge in [0.25, 0.3) is 11.8 Å². The van der Waals surface area contributed by atoms with Crippen LogP contribution in [-0.2, 0) is 30.1 Å². The van der Waals surface area contributed by atoms with Crippen LogP contribution in [0, 0.1) is 12.5 Å². The van der Waals surface area contributed by atoms with Gasteiger partial charge in [0.2, 0.25) is 5.91 Å². The zero-order valence-corrected chi connectivity index (χ0v) is 25.4. The molecule has 4 atom stereocenters. The molecule has 1 saturated heterocycles. The summed E-state index contributed by atoms with van der Waals surface area (Å²) in [5, 5.41) is 22.4. The molecule has 0 spiro atoms. The van der Waals surface area contributed by atoms with Gasteiger partial charge in [-0.1, -0.05) is 12.1 Å². The van der Waals surface area contributed by atoms with E-state index in [9.17, 15) is 14.4 Å². The summed E-state index contributed by atoms with van der Waals surface area (Å²) in [4.78, 5) is 45.5. The van der Waals surface area contributed by atoms with E-state index in [0.717, 1.165) is 35.1 Å². The number of fused-ring (bicyclic) bond motifs is 3. The monoisotopic (exact) mass is 595 g/mol. The second kappa shape index (κ2) is 11.5. The number of aryl methyl sites for hydroxylation is 3. The van der Waals surface area contributed by atoms with Crippen molar-refractivity contribution in [3.05, 3.63) is 87.0 Å². The fourth-order valence-corrected chi connectivity index (χ4v) is 7.21. The number of hydrogen-bond acceptors (Lipinski definition) is 7. The predicted octanol–water partition coefficient (Wildman–Crippen LogP) is 1.60. The van der Waals surface area contributed by atoms with E-state index in [0.29, 0.717) is 42.1 Å². The first kappa shape index (κ1) is 29.4. The van der Waals surface area contributed by atoms with Crippen LogP contribution in [0.2, 0.25) is 0 Å². The van der Waals surface area contributed by atoms with Crippen molar-refractivity contribution < 1.29 is 14.4 Å². The van der Waals surface area contributed by atoms with E-state index in [1.54, 1.807) is 26.0 Å². The smallest absolute Gasteiger partial charge is 0.301 e. The Hall–Kier alpha value is -4.63. The number of nitrogens with one attached hydrogen (secondary N) is 3. The van der Waals surface area contributed by atoms with E-state index in [2.05, 4.69) is 31.1 Å². The number of hydrogen-bond donors (Lipinski definition) is 3. The van der Waals surface area contributed by atoms with Gasteiger partial charge in [-0.15, -0.1) is 10.2 Å². The van der Waals surface area contributed by atoms with Crippen LogP contribution in [-0.4, -0.2) is 81.7 Å². The first-order chi connectivity index (χ1) is 21.2. The topological polar surface area (TPSA) is 138 Å². The number of benzene rings is 2. The van der Waals surface area contributed by atoms with Crippen LogP contribution in [0.5, 0.6) is 0 Å². The maximum absolute atomic E-state index is 13.3. The van der Waals surface area contributed by atoms with Crippen LogP contribution in [0.1, 0.15) is 75.0 Å². The van der Waals surface area contributed by atoms with E-state index in [-0.39, 0.29) is 42.5 Å². The number of piperidine rings is 1. The molecule has 6 rings (SSSR count). The lowest BCUT2D eigenvalue weighted by Crippen LogP contribution is -2.46. The lowest BCUT2D eigenvalue weighted by Gasteiger charge is -2.36. The number of likely N-dealkylation sites (tertiary alicyclic amines) is 1. The van der Waals surface area contributed by atoms with Gasteiger partial charge < -0.3 is 16.0 Å². The van der Waals surface area contributed by atoms with Crippen molar-refractivity contribution in [2.24, 2.45) is 13.0 Å². The molecule has 2 heterocycles. The highest BCUT2D eigenvalue weighted by atomic mass is 16.2. The third-order valence-electron chi connectivity index (χ3n) is 9.39. The zero-order chi connectivity index (χ0) is 31.2. The summed E-state index contributed by atoms with van der Waals surface area (Å²) >= 11 is 0. The molecule has 44 heavy (non-hydrogen) atoms. The lowest BCUT2D eigenvalue weighted by molar-refractivity contribution is -0.131. The fourth-order valence-electron chi connectivity index (χ4n) is 7.21. The molecule has 0 unspecified atom stereocenters. The van der Waals surface area contributed by atoms with Crippen LogP contribution in [0.25, 0.3) is 4.85 Å².